The number of fused-ring (bicyclic) bond motifs is 9. The van der Waals surface area contributed by atoms with Gasteiger partial charge in [-0.2, -0.15) is 0 Å². The molecule has 5 heterocycles. The fraction of sp³-hybridized carbons (Fsp3) is 0. The van der Waals surface area contributed by atoms with Gasteiger partial charge in [0.1, 0.15) is 11.4 Å². The number of aromatic nitrogens is 1. The summed E-state index contributed by atoms with van der Waals surface area (Å²) in [6.07, 6.45) is 0. The van der Waals surface area contributed by atoms with Gasteiger partial charge >= 0.3 is 0 Å². The van der Waals surface area contributed by atoms with Crippen molar-refractivity contribution < 1.29 is 4.74 Å². The lowest BCUT2D eigenvalue weighted by Gasteiger charge is -2.44. The van der Waals surface area contributed by atoms with Crippen LogP contribution in [0.15, 0.2) is 315 Å². The van der Waals surface area contributed by atoms with E-state index in [1.54, 1.807) is 0 Å². The number of benzene rings is 12. The van der Waals surface area contributed by atoms with Gasteiger partial charge in [0.2, 0.25) is 0 Å². The normalized spacial score (nSPS) is 12.9. The molecule has 13 aromatic rings. The van der Waals surface area contributed by atoms with Gasteiger partial charge in [-0.3, -0.25) is 0 Å². The number of anilines is 15. The molecular formula is C76H52B2N6O. The molecule has 0 fully saturated rings. The van der Waals surface area contributed by atoms with E-state index in [4.69, 9.17) is 4.74 Å². The lowest BCUT2D eigenvalue weighted by Crippen LogP contribution is -2.65. The van der Waals surface area contributed by atoms with Gasteiger partial charge in [0, 0.05) is 91.2 Å². The molecule has 398 valence electrons. The van der Waals surface area contributed by atoms with Crippen LogP contribution in [0.3, 0.4) is 0 Å². The summed E-state index contributed by atoms with van der Waals surface area (Å²) < 4.78 is 10.8. The summed E-state index contributed by atoms with van der Waals surface area (Å²) in [5.41, 5.74) is 23.8. The van der Waals surface area contributed by atoms with Crippen molar-refractivity contribution in [1.82, 2.24) is 4.57 Å². The van der Waals surface area contributed by atoms with E-state index in [1.165, 1.54) is 16.4 Å². The highest BCUT2D eigenvalue weighted by Crippen LogP contribution is 2.53. The van der Waals surface area contributed by atoms with E-state index in [0.29, 0.717) is 0 Å². The molecule has 0 radical (unpaired) electrons. The van der Waals surface area contributed by atoms with Crippen LogP contribution in [0.25, 0.3) is 5.69 Å². The molecule has 0 saturated heterocycles. The minimum atomic E-state index is -0.284. The molecule has 12 aromatic carbocycles. The number of hydrogen-bond donors (Lipinski definition) is 0. The van der Waals surface area contributed by atoms with Crippen molar-refractivity contribution in [2.24, 2.45) is 0 Å². The number of ether oxygens (including phenoxy) is 1. The summed E-state index contributed by atoms with van der Waals surface area (Å²) in [6, 6.07) is 114. The van der Waals surface area contributed by atoms with Crippen LogP contribution in [0.4, 0.5) is 85.3 Å². The molecule has 4 aliphatic rings. The Morgan fingerprint density at radius 3 is 1.04 bits per heavy atom. The number of hydrogen-bond acceptors (Lipinski definition) is 6. The third kappa shape index (κ3) is 7.64. The first-order valence-corrected chi connectivity index (χ1v) is 29.2. The monoisotopic (exact) mass is 1090 g/mol. The second-order valence-corrected chi connectivity index (χ2v) is 22.0. The molecule has 7 nitrogen and oxygen atoms in total. The predicted molar refractivity (Wildman–Crippen MR) is 355 cm³/mol. The van der Waals surface area contributed by atoms with Gasteiger partial charge in [-0.15, -0.1) is 0 Å². The lowest BCUT2D eigenvalue weighted by atomic mass is 9.34. The molecule has 0 aliphatic carbocycles. The van der Waals surface area contributed by atoms with Crippen molar-refractivity contribution in [2.45, 2.75) is 0 Å². The van der Waals surface area contributed by atoms with Gasteiger partial charge in [-0.05, 0) is 149 Å². The van der Waals surface area contributed by atoms with Crippen LogP contribution in [-0.2, 0) is 0 Å². The van der Waals surface area contributed by atoms with Crippen LogP contribution in [-0.4, -0.2) is 18.0 Å². The van der Waals surface area contributed by atoms with Crippen molar-refractivity contribution in [3.63, 3.8) is 0 Å². The molecule has 0 atom stereocenters. The maximum absolute atomic E-state index is 8.15. The zero-order valence-corrected chi connectivity index (χ0v) is 46.3. The van der Waals surface area contributed by atoms with Crippen LogP contribution in [0.5, 0.6) is 11.5 Å². The minimum Gasteiger partial charge on any atom is -0.455 e. The first-order chi connectivity index (χ1) is 42.2. The molecule has 0 unspecified atom stereocenters. The smallest absolute Gasteiger partial charge is 0.277 e. The van der Waals surface area contributed by atoms with E-state index in [0.717, 1.165) is 119 Å². The van der Waals surface area contributed by atoms with Gasteiger partial charge < -0.3 is 33.8 Å². The average molecular weight is 1090 g/mol. The molecule has 0 N–H and O–H groups in total. The first kappa shape index (κ1) is 48.5. The van der Waals surface area contributed by atoms with Crippen LogP contribution in [0, 0.1) is 0 Å². The van der Waals surface area contributed by atoms with Crippen molar-refractivity contribution >= 4 is 132 Å². The van der Waals surface area contributed by atoms with E-state index in [9.17, 15) is 0 Å². The second-order valence-electron chi connectivity index (χ2n) is 22.0. The number of nitrogens with zero attached hydrogens (tertiary/aromatic N) is 6. The zero-order valence-electron chi connectivity index (χ0n) is 46.3. The largest absolute Gasteiger partial charge is 0.455 e. The number of para-hydroxylation sites is 10. The Hall–Kier alpha value is -11.2. The van der Waals surface area contributed by atoms with E-state index < -0.39 is 0 Å². The van der Waals surface area contributed by atoms with Gasteiger partial charge in [-0.25, -0.2) is 0 Å². The third-order valence-corrected chi connectivity index (χ3v) is 17.3. The summed E-state index contributed by atoms with van der Waals surface area (Å²) in [4.78, 5) is 12.2. The summed E-state index contributed by atoms with van der Waals surface area (Å²) in [6.45, 7) is -0.556. The van der Waals surface area contributed by atoms with Gasteiger partial charge in [-0.1, -0.05) is 182 Å². The van der Waals surface area contributed by atoms with Crippen molar-refractivity contribution in [2.75, 3.05) is 24.5 Å². The van der Waals surface area contributed by atoms with Crippen LogP contribution in [0.2, 0.25) is 0 Å². The lowest BCUT2D eigenvalue weighted by molar-refractivity contribution is 0.489. The topological polar surface area (TPSA) is 30.4 Å². The van der Waals surface area contributed by atoms with Gasteiger partial charge in [0.05, 0.1) is 11.4 Å². The molecule has 9 heteroatoms. The highest BCUT2D eigenvalue weighted by Gasteiger charge is 2.53. The highest BCUT2D eigenvalue weighted by molar-refractivity contribution is 7.02. The Balaban J connectivity index is 1.02. The summed E-state index contributed by atoms with van der Waals surface area (Å²) in [5.74, 6) is 1.62. The summed E-state index contributed by atoms with van der Waals surface area (Å²) >= 11 is 0. The summed E-state index contributed by atoms with van der Waals surface area (Å²) in [5, 5.41) is 0. The molecular weight excluding hydrogens is 1030 g/mol. The van der Waals surface area contributed by atoms with E-state index in [-0.39, 0.29) is 13.4 Å². The van der Waals surface area contributed by atoms with Crippen molar-refractivity contribution in [1.29, 1.82) is 0 Å². The molecule has 0 bridgehead atoms. The number of rotatable bonds is 10. The van der Waals surface area contributed by atoms with E-state index in [1.807, 2.05) is 0 Å². The summed E-state index contributed by atoms with van der Waals surface area (Å²) in [7, 11) is 0. The van der Waals surface area contributed by atoms with E-state index in [2.05, 4.69) is 345 Å². The Kier molecular flexibility index (Phi) is 11.3. The fourth-order valence-corrected chi connectivity index (χ4v) is 14.0. The van der Waals surface area contributed by atoms with Gasteiger partial charge in [0.25, 0.3) is 13.4 Å². The average Bonchev–Trinajstić information content (AvgIpc) is 1.67. The van der Waals surface area contributed by atoms with Crippen LogP contribution < -0.4 is 62.3 Å². The quantitative estimate of drug-likeness (QED) is 0.127. The SMILES string of the molecule is c1ccc(N(c2ccccc2)c2cc3c4c(c2)N(c2ccccc2)c2ccccc2B4c2c(c4c(n2-c2ccccc2)B2c5ccccc5N(c5ccccc5)c5cc(N(c6ccccc6)c6ccccc6)cc(c52)N4c2ccccc2)O3)cc1. The molecule has 0 amide bonds. The Morgan fingerprint density at radius 1 is 0.271 bits per heavy atom. The maximum atomic E-state index is 8.15. The predicted octanol–water partition coefficient (Wildman–Crippen LogP) is 15.9. The zero-order chi connectivity index (χ0) is 56.0. The van der Waals surface area contributed by atoms with Crippen molar-refractivity contribution in [3.8, 4) is 17.2 Å². The van der Waals surface area contributed by atoms with Crippen LogP contribution >= 0.6 is 0 Å². The van der Waals surface area contributed by atoms with Gasteiger partial charge in [0.15, 0.2) is 5.75 Å². The molecule has 85 heavy (non-hydrogen) atoms. The Labute approximate surface area is 495 Å². The second kappa shape index (κ2) is 19.8. The molecule has 1 aromatic heterocycles. The fourth-order valence-electron chi connectivity index (χ4n) is 14.0. The van der Waals surface area contributed by atoms with E-state index >= 15 is 0 Å². The van der Waals surface area contributed by atoms with Crippen molar-refractivity contribution in [3.05, 3.63) is 315 Å². The minimum absolute atomic E-state index is 0.272. The third-order valence-electron chi connectivity index (χ3n) is 17.3. The Bertz CT molecular complexity index is 4570. The maximum Gasteiger partial charge on any atom is 0.277 e. The molecule has 17 rings (SSSR count). The molecule has 0 spiro atoms. The standard InChI is InChI=1S/C76H52B2N6O/c1-9-29-53(30-10-1)79(54-31-11-2-12-32-54)61-49-67-71-68(50-61)83(59-41-21-7-22-42-59)73-74-76(84(60-43-23-8-24-44-60)75(73)77(71)63-45-25-27-47-65(63)81(67)57-37-17-5-18-38-57)78-64-46-26-28-48-66(64)82(58-39-19-6-20-40-58)69-51-62(52-70(85-74)72(69)78)80(55-33-13-3-14-34-55)56-35-15-4-16-36-56/h1-52H. The molecule has 0 saturated carbocycles. The first-order valence-electron chi connectivity index (χ1n) is 29.2. The van der Waals surface area contributed by atoms with Crippen LogP contribution in [0.1, 0.15) is 0 Å². The molecule has 4 aliphatic heterocycles. The Morgan fingerprint density at radius 2 is 0.600 bits per heavy atom. The highest BCUT2D eigenvalue weighted by atomic mass is 16.5.